The second kappa shape index (κ2) is 18.5. The summed E-state index contributed by atoms with van der Waals surface area (Å²) in [6.07, 6.45) is -11.5. The zero-order valence-corrected chi connectivity index (χ0v) is 29.6. The maximum Gasteiger partial charge on any atom is 0.460 e. The number of alkyl halides is 33. The van der Waals surface area contributed by atoms with E-state index in [1.54, 1.807) is 0 Å². The molecule has 0 aliphatic heterocycles. The fraction of sp³-hybridized carbons (Fsp3) is 1.00. The summed E-state index contributed by atoms with van der Waals surface area (Å²) < 4.78 is 470. The molecule has 0 fully saturated rings. The molecule has 64 heavy (non-hydrogen) atoms. The van der Waals surface area contributed by atoms with E-state index in [-0.39, 0.29) is 33.0 Å². The lowest BCUT2D eigenvalue weighted by Gasteiger charge is -2.47. The van der Waals surface area contributed by atoms with E-state index < -0.39 is 128 Å². The normalized spacial score (nSPS) is 16.2. The Morgan fingerprint density at radius 1 is 0.219 bits per heavy atom. The average molecular weight is 1040 g/mol. The van der Waals surface area contributed by atoms with Gasteiger partial charge in [-0.1, -0.05) is 0 Å². The van der Waals surface area contributed by atoms with Gasteiger partial charge in [0.15, 0.2) is 0 Å². The van der Waals surface area contributed by atoms with E-state index in [2.05, 4.69) is 9.47 Å². The van der Waals surface area contributed by atoms with Crippen molar-refractivity contribution in [3.63, 3.8) is 0 Å². The van der Waals surface area contributed by atoms with E-state index in [1.165, 1.54) is 0 Å². The highest BCUT2D eigenvalue weighted by Crippen LogP contribution is 2.70. The Kier molecular flexibility index (Phi) is 17.8. The monoisotopic (exact) mass is 1040 g/mol. The van der Waals surface area contributed by atoms with E-state index >= 15 is 0 Å². The summed E-state index contributed by atoms with van der Waals surface area (Å²) in [4.78, 5) is 0. The Hall–Kier alpha value is -2.51. The molecule has 0 saturated carbocycles. The molecular weight excluding hydrogens is 1020 g/mol. The van der Waals surface area contributed by atoms with Gasteiger partial charge in [-0.25, -0.2) is 0 Å². The molecule has 0 aromatic rings. The average Bonchev–Trinajstić information content (AvgIpc) is 3.11. The minimum absolute atomic E-state index is 0.0615. The topological polar surface area (TPSA) is 57.2 Å². The number of aliphatic hydroxyl groups excluding tert-OH is 1. The molecule has 0 bridgehead atoms. The van der Waals surface area contributed by atoms with E-state index in [4.69, 9.17) is 14.6 Å². The molecule has 38 heteroatoms. The van der Waals surface area contributed by atoms with Crippen LogP contribution in [0, 0.1) is 0 Å². The van der Waals surface area contributed by atoms with Crippen molar-refractivity contribution in [2.45, 2.75) is 101 Å². The molecule has 1 N–H and O–H groups in total. The van der Waals surface area contributed by atoms with Crippen molar-refractivity contribution in [3.8, 4) is 0 Å². The van der Waals surface area contributed by atoms with Crippen LogP contribution in [0.25, 0.3) is 0 Å². The molecular formula is C26H21F33O5. The molecule has 0 spiro atoms. The molecule has 0 rings (SSSR count). The summed E-state index contributed by atoms with van der Waals surface area (Å²) in [5, 5.41) is 8.45. The van der Waals surface area contributed by atoms with Crippen molar-refractivity contribution < 1.29 is 169 Å². The second-order valence-electron chi connectivity index (χ2n) is 12.2. The second-order valence-corrected chi connectivity index (χ2v) is 12.2. The molecule has 0 aliphatic rings. The minimum Gasteiger partial charge on any atom is -0.394 e. The highest BCUT2D eigenvalue weighted by atomic mass is 19.4. The summed E-state index contributed by atoms with van der Waals surface area (Å²) >= 11 is 0. The smallest absolute Gasteiger partial charge is 0.394 e. The van der Waals surface area contributed by atoms with Crippen molar-refractivity contribution in [1.82, 2.24) is 0 Å². The number of aliphatic hydroxyl groups is 1. The van der Waals surface area contributed by atoms with Crippen LogP contribution >= 0.6 is 0 Å². The lowest BCUT2D eigenvalue weighted by Crippen LogP contribution is -2.80. The highest BCUT2D eigenvalue weighted by molar-refractivity contribution is 5.22. The number of rotatable bonds is 28. The van der Waals surface area contributed by atoms with Crippen molar-refractivity contribution in [2.24, 2.45) is 0 Å². The van der Waals surface area contributed by atoms with Gasteiger partial charge in [-0.05, 0) is 0 Å². The molecule has 0 atom stereocenters. The first-order chi connectivity index (χ1) is 27.8. The SMILES string of the molecule is OCCOCCOCCOCCOCCC(F)(F)C(F)(F)C(F)(F)C(F)(F)C(F)(F)C(F)(F)C(F)(F)C(F)(F)C(F)(F)C(F)(F)C(F)(F)C(F)(F)C(F)(F)C(F)(F)C(F)(F)C(F)(F)F. The van der Waals surface area contributed by atoms with Crippen molar-refractivity contribution in [2.75, 3.05) is 59.5 Å². The fourth-order valence-corrected chi connectivity index (χ4v) is 3.96. The molecule has 0 aromatic carbocycles. The summed E-state index contributed by atoms with van der Waals surface area (Å²) in [6, 6.07) is 0. The van der Waals surface area contributed by atoms with Gasteiger partial charge in [0, 0.05) is 6.42 Å². The van der Waals surface area contributed by atoms with E-state index in [1.807, 2.05) is 0 Å². The van der Waals surface area contributed by atoms with E-state index in [9.17, 15) is 145 Å². The Labute approximate surface area is 331 Å². The van der Waals surface area contributed by atoms with Gasteiger partial charge in [0.25, 0.3) is 0 Å². The molecule has 0 aliphatic carbocycles. The fourth-order valence-electron chi connectivity index (χ4n) is 3.96. The first-order valence-corrected chi connectivity index (χ1v) is 15.5. The van der Waals surface area contributed by atoms with Crippen LogP contribution < -0.4 is 0 Å². The molecule has 5 nitrogen and oxygen atoms in total. The summed E-state index contributed by atoms with van der Waals surface area (Å²) in [7, 11) is 0. The number of hydrogen-bond acceptors (Lipinski definition) is 5. The molecule has 0 aromatic heterocycles. The maximum absolute atomic E-state index is 14.1. The number of halogens is 33. The minimum atomic E-state index is -10.2. The lowest BCUT2D eigenvalue weighted by molar-refractivity contribution is -0.491. The van der Waals surface area contributed by atoms with Gasteiger partial charge in [0.2, 0.25) is 0 Å². The third-order valence-corrected chi connectivity index (χ3v) is 7.85. The van der Waals surface area contributed by atoms with Crippen LogP contribution in [0.5, 0.6) is 0 Å². The van der Waals surface area contributed by atoms with Crippen molar-refractivity contribution >= 4 is 0 Å². The van der Waals surface area contributed by atoms with Gasteiger partial charge < -0.3 is 24.1 Å². The Balaban J connectivity index is 6.80. The predicted octanol–water partition coefficient (Wildman–Crippen LogP) is 10.5. The third kappa shape index (κ3) is 9.23. The van der Waals surface area contributed by atoms with Crippen LogP contribution in [0.4, 0.5) is 145 Å². The van der Waals surface area contributed by atoms with Crippen molar-refractivity contribution in [3.05, 3.63) is 0 Å². The van der Waals surface area contributed by atoms with Crippen LogP contribution in [0.1, 0.15) is 6.42 Å². The van der Waals surface area contributed by atoms with Gasteiger partial charge in [-0.3, -0.25) is 0 Å². The first-order valence-electron chi connectivity index (χ1n) is 15.5. The maximum atomic E-state index is 14.1. The highest BCUT2D eigenvalue weighted by Gasteiger charge is 3.01. The van der Waals surface area contributed by atoms with Gasteiger partial charge >= 0.3 is 95.0 Å². The summed E-state index contributed by atoms with van der Waals surface area (Å²) in [5.41, 5.74) is 0. The van der Waals surface area contributed by atoms with Gasteiger partial charge in [-0.15, -0.1) is 0 Å². The molecule has 386 valence electrons. The van der Waals surface area contributed by atoms with Gasteiger partial charge in [-0.2, -0.15) is 145 Å². The molecule has 0 heterocycles. The van der Waals surface area contributed by atoms with E-state index in [0.29, 0.717) is 0 Å². The Bertz CT molecular complexity index is 1510. The zero-order chi connectivity index (χ0) is 51.9. The molecule has 0 radical (unpaired) electrons. The quantitative estimate of drug-likeness (QED) is 0.0625. The van der Waals surface area contributed by atoms with Gasteiger partial charge in [0.1, 0.15) is 0 Å². The largest absolute Gasteiger partial charge is 0.460 e. The van der Waals surface area contributed by atoms with Crippen molar-refractivity contribution in [1.29, 1.82) is 0 Å². The van der Waals surface area contributed by atoms with Crippen LogP contribution in [-0.4, -0.2) is 160 Å². The van der Waals surface area contributed by atoms with Crippen LogP contribution in [0.2, 0.25) is 0 Å². The summed E-state index contributed by atoms with van der Waals surface area (Å²) in [6.45, 7) is -5.24. The standard InChI is InChI=1S/C26H21F33O5/c27-11(28,1-3-61-5-7-63-9-10-64-8-6-62-4-2-60)12(29,30)13(31,32)14(33,34)15(35,36)16(37,38)17(39,40)18(41,42)19(43,44)20(45,46)21(47,48)22(49,50)23(51,52)24(53,54)25(55,56)26(57,58)59/h60H,1-10H2. The summed E-state index contributed by atoms with van der Waals surface area (Å²) in [5.74, 6) is -143. The van der Waals surface area contributed by atoms with Crippen LogP contribution in [-0.2, 0) is 18.9 Å². The Morgan fingerprint density at radius 3 is 0.594 bits per heavy atom. The lowest BCUT2D eigenvalue weighted by atomic mass is 9.82. The van der Waals surface area contributed by atoms with Crippen LogP contribution in [0.3, 0.4) is 0 Å². The van der Waals surface area contributed by atoms with E-state index in [0.717, 1.165) is 0 Å². The van der Waals surface area contributed by atoms with Crippen LogP contribution in [0.15, 0.2) is 0 Å². The predicted molar refractivity (Wildman–Crippen MR) is 135 cm³/mol. The number of ether oxygens (including phenoxy) is 4. The molecule has 0 unspecified atom stereocenters. The zero-order valence-electron chi connectivity index (χ0n) is 29.6. The number of hydrogen-bond donors (Lipinski definition) is 1. The molecule has 0 amide bonds. The Morgan fingerprint density at radius 2 is 0.391 bits per heavy atom. The third-order valence-electron chi connectivity index (χ3n) is 7.85. The first kappa shape index (κ1) is 61.5. The van der Waals surface area contributed by atoms with Gasteiger partial charge in [0.05, 0.1) is 59.5 Å². The molecule has 0 saturated heterocycles.